The molecule has 7 aliphatic rings. The van der Waals surface area contributed by atoms with Crippen molar-refractivity contribution in [2.24, 2.45) is 76.9 Å². The van der Waals surface area contributed by atoms with Crippen molar-refractivity contribution in [3.05, 3.63) is 0 Å². The highest BCUT2D eigenvalue weighted by molar-refractivity contribution is 5.96. The lowest BCUT2D eigenvalue weighted by Crippen LogP contribution is -2.44. The number of carbonyl (C=O) groups excluding carboxylic acids is 4. The first-order valence-corrected chi connectivity index (χ1v) is 15.1. The van der Waals surface area contributed by atoms with E-state index in [0.29, 0.717) is 61.6 Å². The summed E-state index contributed by atoms with van der Waals surface area (Å²) in [5.41, 5.74) is 0. The van der Waals surface area contributed by atoms with Crippen LogP contribution < -0.4 is 0 Å². The molecule has 4 bridgehead atoms. The Hall–Kier alpha value is -1.96. The second kappa shape index (κ2) is 9.31. The number of rotatable bonds is 6. The van der Waals surface area contributed by atoms with Crippen LogP contribution in [0.3, 0.4) is 0 Å². The molecule has 3 saturated heterocycles. The van der Waals surface area contributed by atoms with Gasteiger partial charge in [-0.25, -0.2) is 0 Å². The van der Waals surface area contributed by atoms with Crippen LogP contribution in [-0.4, -0.2) is 43.4 Å². The Morgan fingerprint density at radius 3 is 2.47 bits per heavy atom. The van der Waals surface area contributed by atoms with Crippen molar-refractivity contribution >= 4 is 23.9 Å². The summed E-state index contributed by atoms with van der Waals surface area (Å²) in [6, 6.07) is 0. The minimum atomic E-state index is -0.504. The Morgan fingerprint density at radius 2 is 1.74 bits per heavy atom. The van der Waals surface area contributed by atoms with E-state index in [4.69, 9.17) is 18.9 Å². The zero-order valence-electron chi connectivity index (χ0n) is 22.4. The molecule has 3 aliphatic heterocycles. The first-order chi connectivity index (χ1) is 18.3. The van der Waals surface area contributed by atoms with Gasteiger partial charge in [-0.2, -0.15) is 0 Å². The predicted molar refractivity (Wildman–Crippen MR) is 132 cm³/mol. The first-order valence-electron chi connectivity index (χ1n) is 15.1. The van der Waals surface area contributed by atoms with Crippen LogP contribution in [-0.2, 0) is 38.1 Å². The summed E-state index contributed by atoms with van der Waals surface area (Å²) in [7, 11) is 0. The Balaban J connectivity index is 1.19. The van der Waals surface area contributed by atoms with Crippen molar-refractivity contribution < 1.29 is 38.1 Å². The normalized spacial score (nSPS) is 49.7. The maximum Gasteiger partial charge on any atom is 0.317 e. The van der Waals surface area contributed by atoms with Gasteiger partial charge in [-0.3, -0.25) is 19.2 Å². The van der Waals surface area contributed by atoms with E-state index in [0.717, 1.165) is 38.5 Å². The number of hydrogen-bond acceptors (Lipinski definition) is 8. The van der Waals surface area contributed by atoms with Gasteiger partial charge in [-0.15, -0.1) is 0 Å². The van der Waals surface area contributed by atoms with E-state index in [1.807, 2.05) is 0 Å². The van der Waals surface area contributed by atoms with Gasteiger partial charge in [0.2, 0.25) is 6.29 Å². The fourth-order valence-electron chi connectivity index (χ4n) is 10.5. The van der Waals surface area contributed by atoms with Crippen molar-refractivity contribution in [1.29, 1.82) is 0 Å². The third-order valence-electron chi connectivity index (χ3n) is 12.1. The smallest absolute Gasteiger partial charge is 0.317 e. The number of fused-ring (bicyclic) bond motifs is 7. The molecule has 38 heavy (non-hydrogen) atoms. The molecule has 208 valence electrons. The number of cyclic esters (lactones) is 3. The Labute approximate surface area is 223 Å². The highest BCUT2D eigenvalue weighted by Crippen LogP contribution is 2.64. The molecular weight excluding hydrogens is 488 g/mol. The third-order valence-corrected chi connectivity index (χ3v) is 12.1. The van der Waals surface area contributed by atoms with Crippen LogP contribution in [0.2, 0.25) is 0 Å². The van der Waals surface area contributed by atoms with Crippen molar-refractivity contribution in [3.8, 4) is 0 Å². The molecule has 14 unspecified atom stereocenters. The molecule has 0 amide bonds. The van der Waals surface area contributed by atoms with Crippen molar-refractivity contribution in [2.45, 2.75) is 71.5 Å². The Morgan fingerprint density at radius 1 is 0.921 bits per heavy atom. The van der Waals surface area contributed by atoms with Gasteiger partial charge in [0, 0.05) is 12.3 Å². The largest absolute Gasteiger partial charge is 0.465 e. The fraction of sp³-hybridized carbons (Fsp3) is 0.867. The summed E-state index contributed by atoms with van der Waals surface area (Å²) in [6.45, 7) is 5.16. The minimum Gasteiger partial charge on any atom is -0.465 e. The lowest BCUT2D eigenvalue weighted by molar-refractivity contribution is -0.196. The van der Waals surface area contributed by atoms with Crippen LogP contribution in [0.15, 0.2) is 0 Å². The van der Waals surface area contributed by atoms with E-state index in [9.17, 15) is 19.2 Å². The molecule has 0 aromatic rings. The molecule has 4 saturated carbocycles. The van der Waals surface area contributed by atoms with Crippen LogP contribution in [0, 0.1) is 76.9 Å². The summed E-state index contributed by atoms with van der Waals surface area (Å²) in [6.07, 6.45) is 7.01. The van der Waals surface area contributed by atoms with E-state index in [1.54, 1.807) is 6.92 Å². The average molecular weight is 529 g/mol. The van der Waals surface area contributed by atoms with Gasteiger partial charge in [0.05, 0.1) is 36.9 Å². The molecular formula is C30H40O8. The van der Waals surface area contributed by atoms with Crippen LogP contribution in [0.4, 0.5) is 0 Å². The van der Waals surface area contributed by atoms with Gasteiger partial charge in [0.25, 0.3) is 0 Å². The second-order valence-corrected chi connectivity index (χ2v) is 13.5. The molecule has 7 rings (SSSR count). The van der Waals surface area contributed by atoms with E-state index in [2.05, 4.69) is 6.92 Å². The zero-order valence-corrected chi connectivity index (χ0v) is 22.4. The second-order valence-electron chi connectivity index (χ2n) is 13.5. The number of ether oxygens (including phenoxy) is 4. The van der Waals surface area contributed by atoms with Crippen LogP contribution in [0.5, 0.6) is 0 Å². The third kappa shape index (κ3) is 3.71. The molecule has 0 aromatic carbocycles. The fourth-order valence-corrected chi connectivity index (χ4v) is 10.5. The summed E-state index contributed by atoms with van der Waals surface area (Å²) in [5, 5.41) is 0. The monoisotopic (exact) mass is 528 g/mol. The van der Waals surface area contributed by atoms with E-state index >= 15 is 0 Å². The van der Waals surface area contributed by atoms with Gasteiger partial charge in [0.15, 0.2) is 0 Å². The number of hydrogen-bond donors (Lipinski definition) is 0. The quantitative estimate of drug-likeness (QED) is 0.292. The standard InChI is InChI=1S/C30H40O8/c1-13-17(19-11-18(13)26-21(19)12-36-29(26)33)10-20(28(32)37-22-5-3-4-8-35-22)24-15-6-7-16(9-15)25(24)23-14(2)27(31)38-30(23)34/h13-26H,3-12H2,1-2H3. The minimum absolute atomic E-state index is 0.000626. The first kappa shape index (κ1) is 25.0. The summed E-state index contributed by atoms with van der Waals surface area (Å²) in [4.78, 5) is 51.8. The summed E-state index contributed by atoms with van der Waals surface area (Å²) in [5.74, 6) is -0.120. The lowest BCUT2D eigenvalue weighted by atomic mass is 9.61. The van der Waals surface area contributed by atoms with Gasteiger partial charge < -0.3 is 18.9 Å². The van der Waals surface area contributed by atoms with Crippen LogP contribution in [0.25, 0.3) is 0 Å². The SMILES string of the molecule is CC1C(=O)OC(=O)C1C1C2CCC(C2)C1C(CC1C(C)C2CC1C1COC(=O)C21)C(=O)OC1CCCCO1. The van der Waals surface area contributed by atoms with Crippen LogP contribution >= 0.6 is 0 Å². The van der Waals surface area contributed by atoms with E-state index < -0.39 is 30.1 Å². The average Bonchev–Trinajstić information content (AvgIpc) is 3.73. The topological polar surface area (TPSA) is 105 Å². The van der Waals surface area contributed by atoms with Crippen molar-refractivity contribution in [3.63, 3.8) is 0 Å². The number of carbonyl (C=O) groups is 4. The Kier molecular flexibility index (Phi) is 6.13. The van der Waals surface area contributed by atoms with Crippen molar-refractivity contribution in [2.75, 3.05) is 13.2 Å². The molecule has 3 heterocycles. The van der Waals surface area contributed by atoms with Crippen molar-refractivity contribution in [1.82, 2.24) is 0 Å². The van der Waals surface area contributed by atoms with Gasteiger partial charge in [-0.05, 0) is 92.3 Å². The highest BCUT2D eigenvalue weighted by Gasteiger charge is 2.64. The molecule has 8 heteroatoms. The molecule has 0 radical (unpaired) electrons. The van der Waals surface area contributed by atoms with Crippen LogP contribution in [0.1, 0.15) is 65.2 Å². The molecule has 7 fully saturated rings. The lowest BCUT2D eigenvalue weighted by Gasteiger charge is -2.42. The molecule has 0 N–H and O–H groups in total. The molecule has 8 nitrogen and oxygen atoms in total. The molecule has 4 aliphatic carbocycles. The zero-order chi connectivity index (χ0) is 26.3. The molecule has 14 atom stereocenters. The van der Waals surface area contributed by atoms with E-state index in [-0.39, 0.29) is 41.5 Å². The summed E-state index contributed by atoms with van der Waals surface area (Å²) < 4.78 is 22.4. The molecule has 0 aromatic heterocycles. The van der Waals surface area contributed by atoms with Gasteiger partial charge in [-0.1, -0.05) is 13.8 Å². The Bertz CT molecular complexity index is 1020. The highest BCUT2D eigenvalue weighted by atomic mass is 16.7. The predicted octanol–water partition coefficient (Wildman–Crippen LogP) is 3.75. The maximum atomic E-state index is 14.1. The molecule has 0 spiro atoms. The summed E-state index contributed by atoms with van der Waals surface area (Å²) >= 11 is 0. The van der Waals surface area contributed by atoms with Gasteiger partial charge in [0.1, 0.15) is 0 Å². The number of esters is 4. The maximum absolute atomic E-state index is 14.1. The van der Waals surface area contributed by atoms with Gasteiger partial charge >= 0.3 is 23.9 Å². The van der Waals surface area contributed by atoms with E-state index in [1.165, 1.54) is 0 Å².